The Morgan fingerprint density at radius 3 is 2.72 bits per heavy atom. The van der Waals surface area contributed by atoms with Gasteiger partial charge in [0.05, 0.1) is 6.04 Å². The van der Waals surface area contributed by atoms with E-state index >= 15 is 0 Å². The van der Waals surface area contributed by atoms with Crippen molar-refractivity contribution in [2.24, 2.45) is 11.7 Å². The van der Waals surface area contributed by atoms with Gasteiger partial charge in [-0.15, -0.1) is 0 Å². The SMILES string of the molecule is CC1(C)CN(C(=O)C(N)C2CCOCC2)CCS1. The van der Waals surface area contributed by atoms with Crippen LogP contribution in [0.2, 0.25) is 0 Å². The van der Waals surface area contributed by atoms with Crippen molar-refractivity contribution in [3.8, 4) is 0 Å². The molecule has 0 spiro atoms. The van der Waals surface area contributed by atoms with Crippen molar-refractivity contribution >= 4 is 17.7 Å². The smallest absolute Gasteiger partial charge is 0.239 e. The molecule has 0 aromatic heterocycles. The highest BCUT2D eigenvalue weighted by molar-refractivity contribution is 8.00. The molecule has 2 N–H and O–H groups in total. The molecular weight excluding hydrogens is 248 g/mol. The second-order valence-corrected chi connectivity index (χ2v) is 7.65. The molecule has 104 valence electrons. The van der Waals surface area contributed by atoms with E-state index in [4.69, 9.17) is 10.5 Å². The fourth-order valence-corrected chi connectivity index (χ4v) is 3.80. The first-order chi connectivity index (χ1) is 8.49. The maximum atomic E-state index is 12.4. The standard InChI is InChI=1S/C13H24N2O2S/c1-13(2)9-15(5-8-18-13)12(16)11(14)10-3-6-17-7-4-10/h10-11H,3-9,14H2,1-2H3. The molecule has 1 amide bonds. The molecule has 2 aliphatic heterocycles. The van der Waals surface area contributed by atoms with Gasteiger partial charge in [0.25, 0.3) is 0 Å². The Morgan fingerprint density at radius 2 is 2.11 bits per heavy atom. The van der Waals surface area contributed by atoms with Gasteiger partial charge in [-0.05, 0) is 32.6 Å². The molecule has 2 heterocycles. The van der Waals surface area contributed by atoms with Gasteiger partial charge in [0.1, 0.15) is 0 Å². The van der Waals surface area contributed by atoms with Crippen LogP contribution in [-0.2, 0) is 9.53 Å². The molecule has 1 atom stereocenters. The monoisotopic (exact) mass is 272 g/mol. The van der Waals surface area contributed by atoms with Crippen molar-refractivity contribution in [1.82, 2.24) is 4.90 Å². The second-order valence-electron chi connectivity index (χ2n) is 5.84. The van der Waals surface area contributed by atoms with E-state index in [0.29, 0.717) is 5.92 Å². The molecule has 18 heavy (non-hydrogen) atoms. The lowest BCUT2D eigenvalue weighted by Gasteiger charge is -2.40. The normalized spacial score (nSPS) is 26.9. The molecule has 0 aromatic rings. The predicted octanol–water partition coefficient (Wildman–Crippen LogP) is 1.09. The Labute approximate surface area is 114 Å². The van der Waals surface area contributed by atoms with Gasteiger partial charge < -0.3 is 15.4 Å². The summed E-state index contributed by atoms with van der Waals surface area (Å²) in [7, 11) is 0. The Balaban J connectivity index is 1.93. The van der Waals surface area contributed by atoms with Gasteiger partial charge in [-0.2, -0.15) is 11.8 Å². The molecule has 4 nitrogen and oxygen atoms in total. The van der Waals surface area contributed by atoms with Gasteiger partial charge in [0.2, 0.25) is 5.91 Å². The Morgan fingerprint density at radius 1 is 1.44 bits per heavy atom. The van der Waals surface area contributed by atoms with Crippen LogP contribution in [0.3, 0.4) is 0 Å². The van der Waals surface area contributed by atoms with Crippen LogP contribution in [0.4, 0.5) is 0 Å². The van der Waals surface area contributed by atoms with Crippen LogP contribution in [0, 0.1) is 5.92 Å². The fourth-order valence-electron chi connectivity index (χ4n) is 2.69. The maximum Gasteiger partial charge on any atom is 0.239 e. The first-order valence-corrected chi connectivity index (χ1v) is 7.74. The van der Waals surface area contributed by atoms with Crippen molar-refractivity contribution in [2.75, 3.05) is 32.1 Å². The fraction of sp³-hybridized carbons (Fsp3) is 0.923. The minimum atomic E-state index is -0.340. The van der Waals surface area contributed by atoms with E-state index in [2.05, 4.69) is 13.8 Å². The third-order valence-electron chi connectivity index (χ3n) is 3.80. The van der Waals surface area contributed by atoms with Crippen LogP contribution in [-0.4, -0.2) is 53.7 Å². The highest BCUT2D eigenvalue weighted by Crippen LogP contribution is 2.30. The van der Waals surface area contributed by atoms with E-state index in [1.807, 2.05) is 16.7 Å². The Kier molecular flexibility index (Phi) is 4.56. The number of nitrogens with two attached hydrogens (primary N) is 1. The van der Waals surface area contributed by atoms with Gasteiger partial charge in [-0.25, -0.2) is 0 Å². The number of carbonyl (C=O) groups is 1. The summed E-state index contributed by atoms with van der Waals surface area (Å²) < 4.78 is 5.48. The molecular formula is C13H24N2O2S. The van der Waals surface area contributed by atoms with Crippen LogP contribution >= 0.6 is 11.8 Å². The quantitative estimate of drug-likeness (QED) is 0.818. The summed E-state index contributed by atoms with van der Waals surface area (Å²) in [5, 5.41) is 0. The molecule has 0 aromatic carbocycles. The number of carbonyl (C=O) groups excluding carboxylic acids is 1. The van der Waals surface area contributed by atoms with E-state index < -0.39 is 0 Å². The summed E-state index contributed by atoms with van der Waals surface area (Å²) in [5.74, 6) is 1.44. The number of thioether (sulfide) groups is 1. The van der Waals surface area contributed by atoms with Gasteiger partial charge in [-0.3, -0.25) is 4.79 Å². The first kappa shape index (κ1) is 14.2. The maximum absolute atomic E-state index is 12.4. The zero-order chi connectivity index (χ0) is 13.2. The van der Waals surface area contributed by atoms with Crippen molar-refractivity contribution in [1.29, 1.82) is 0 Å². The molecule has 5 heteroatoms. The summed E-state index contributed by atoms with van der Waals surface area (Å²) in [6, 6.07) is -0.340. The van der Waals surface area contributed by atoms with Gasteiger partial charge in [0, 0.05) is 36.8 Å². The number of rotatable bonds is 2. The highest BCUT2D eigenvalue weighted by atomic mass is 32.2. The van der Waals surface area contributed by atoms with Crippen LogP contribution in [0.5, 0.6) is 0 Å². The topological polar surface area (TPSA) is 55.6 Å². The average molecular weight is 272 g/mol. The molecule has 2 saturated heterocycles. The van der Waals surface area contributed by atoms with E-state index in [9.17, 15) is 4.79 Å². The van der Waals surface area contributed by atoms with E-state index in [1.54, 1.807) is 0 Å². The molecule has 1 unspecified atom stereocenters. The summed E-state index contributed by atoms with van der Waals surface area (Å²) in [6.07, 6.45) is 1.83. The van der Waals surface area contributed by atoms with E-state index in [-0.39, 0.29) is 16.7 Å². The summed E-state index contributed by atoms with van der Waals surface area (Å²) in [4.78, 5) is 14.4. The molecule has 0 bridgehead atoms. The van der Waals surface area contributed by atoms with E-state index in [1.165, 1.54) is 0 Å². The Hall–Kier alpha value is -0.260. The van der Waals surface area contributed by atoms with Gasteiger partial charge >= 0.3 is 0 Å². The lowest BCUT2D eigenvalue weighted by molar-refractivity contribution is -0.135. The molecule has 2 fully saturated rings. The molecule has 0 radical (unpaired) electrons. The largest absolute Gasteiger partial charge is 0.381 e. The lowest BCUT2D eigenvalue weighted by Crippen LogP contribution is -2.54. The number of nitrogens with zero attached hydrogens (tertiary/aromatic N) is 1. The zero-order valence-corrected chi connectivity index (χ0v) is 12.2. The molecule has 0 aliphatic carbocycles. The third kappa shape index (κ3) is 3.39. The van der Waals surface area contributed by atoms with Crippen molar-refractivity contribution in [3.05, 3.63) is 0 Å². The Bertz CT molecular complexity index is 303. The molecule has 2 rings (SSSR count). The van der Waals surface area contributed by atoms with Crippen LogP contribution < -0.4 is 5.73 Å². The van der Waals surface area contributed by atoms with Crippen LogP contribution in [0.1, 0.15) is 26.7 Å². The minimum absolute atomic E-state index is 0.135. The van der Waals surface area contributed by atoms with Gasteiger partial charge in [0.15, 0.2) is 0 Å². The molecule has 2 aliphatic rings. The van der Waals surface area contributed by atoms with Crippen molar-refractivity contribution < 1.29 is 9.53 Å². The summed E-state index contributed by atoms with van der Waals surface area (Å²) >= 11 is 1.93. The minimum Gasteiger partial charge on any atom is -0.381 e. The molecule has 0 saturated carbocycles. The van der Waals surface area contributed by atoms with Crippen LogP contribution in [0.15, 0.2) is 0 Å². The number of amides is 1. The van der Waals surface area contributed by atoms with Crippen LogP contribution in [0.25, 0.3) is 0 Å². The van der Waals surface area contributed by atoms with Crippen molar-refractivity contribution in [3.63, 3.8) is 0 Å². The van der Waals surface area contributed by atoms with Crippen molar-refractivity contribution in [2.45, 2.75) is 37.5 Å². The second kappa shape index (κ2) is 5.80. The first-order valence-electron chi connectivity index (χ1n) is 6.76. The number of hydrogen-bond acceptors (Lipinski definition) is 4. The highest BCUT2D eigenvalue weighted by Gasteiger charge is 2.34. The summed E-state index contributed by atoms with van der Waals surface area (Å²) in [6.45, 7) is 7.52. The zero-order valence-electron chi connectivity index (χ0n) is 11.4. The number of ether oxygens (including phenoxy) is 1. The number of hydrogen-bond donors (Lipinski definition) is 1. The summed E-state index contributed by atoms with van der Waals surface area (Å²) in [5.41, 5.74) is 6.16. The van der Waals surface area contributed by atoms with Gasteiger partial charge in [-0.1, -0.05) is 0 Å². The average Bonchev–Trinajstić information content (AvgIpc) is 2.37. The van der Waals surface area contributed by atoms with E-state index in [0.717, 1.165) is 44.9 Å². The third-order valence-corrected chi connectivity index (χ3v) is 5.09. The lowest BCUT2D eigenvalue weighted by atomic mass is 9.91. The predicted molar refractivity (Wildman–Crippen MR) is 74.6 cm³/mol.